The van der Waals surface area contributed by atoms with Crippen molar-refractivity contribution in [1.29, 1.82) is 0 Å². The molecule has 1 fully saturated rings. The highest BCUT2D eigenvalue weighted by atomic mass is 16.5. The molecule has 0 amide bonds. The second-order valence-electron chi connectivity index (χ2n) is 5.61. The largest absolute Gasteiger partial charge is 0.339 e. The molecular weight excluding hydrogens is 228 g/mol. The van der Waals surface area contributed by atoms with Gasteiger partial charge < -0.3 is 15.2 Å². The van der Waals surface area contributed by atoms with Crippen LogP contribution in [-0.4, -0.2) is 42.2 Å². The highest BCUT2D eigenvalue weighted by molar-refractivity contribution is 5.08. The Morgan fingerprint density at radius 2 is 2.00 bits per heavy atom. The van der Waals surface area contributed by atoms with Gasteiger partial charge in [0.2, 0.25) is 5.89 Å². The number of hydrogen-bond acceptors (Lipinski definition) is 5. The van der Waals surface area contributed by atoms with E-state index in [0.29, 0.717) is 6.54 Å². The maximum Gasteiger partial charge on any atom is 0.234 e. The summed E-state index contributed by atoms with van der Waals surface area (Å²) in [7, 11) is 4.09. The van der Waals surface area contributed by atoms with Gasteiger partial charge in [0.1, 0.15) is 0 Å². The number of nitrogens with two attached hydrogens (primary N) is 1. The van der Waals surface area contributed by atoms with Crippen LogP contribution in [0.5, 0.6) is 0 Å². The standard InChI is InChI=1S/C13H24N4O/c1-17(2)9-6-11-15-12(18-16-11)13(10-14)7-4-3-5-8-13/h3-10,14H2,1-2H3. The fourth-order valence-corrected chi connectivity index (χ4v) is 2.63. The molecule has 0 aromatic carbocycles. The SMILES string of the molecule is CN(C)CCc1noc(C2(CN)CCCCC2)n1. The van der Waals surface area contributed by atoms with Gasteiger partial charge in [-0.1, -0.05) is 24.4 Å². The molecule has 1 saturated carbocycles. The Hall–Kier alpha value is -0.940. The Morgan fingerprint density at radius 1 is 1.28 bits per heavy atom. The summed E-state index contributed by atoms with van der Waals surface area (Å²) in [5.41, 5.74) is 5.91. The van der Waals surface area contributed by atoms with Crippen LogP contribution in [0.25, 0.3) is 0 Å². The first-order valence-corrected chi connectivity index (χ1v) is 6.84. The van der Waals surface area contributed by atoms with Gasteiger partial charge in [-0.2, -0.15) is 4.98 Å². The highest BCUT2D eigenvalue weighted by Gasteiger charge is 2.37. The third-order valence-corrected chi connectivity index (χ3v) is 3.91. The summed E-state index contributed by atoms with van der Waals surface area (Å²) in [5, 5.41) is 4.09. The maximum atomic E-state index is 5.97. The van der Waals surface area contributed by atoms with Gasteiger partial charge in [-0.05, 0) is 26.9 Å². The molecule has 18 heavy (non-hydrogen) atoms. The van der Waals surface area contributed by atoms with E-state index in [0.717, 1.165) is 37.5 Å². The molecule has 2 rings (SSSR count). The van der Waals surface area contributed by atoms with Gasteiger partial charge in [-0.25, -0.2) is 0 Å². The molecule has 1 aliphatic rings. The van der Waals surface area contributed by atoms with E-state index < -0.39 is 0 Å². The van der Waals surface area contributed by atoms with Gasteiger partial charge in [0, 0.05) is 19.5 Å². The molecule has 0 saturated heterocycles. The Bertz CT molecular complexity index is 369. The summed E-state index contributed by atoms with van der Waals surface area (Å²) in [4.78, 5) is 6.68. The minimum atomic E-state index is -0.0540. The topological polar surface area (TPSA) is 68.2 Å². The molecule has 0 unspecified atom stereocenters. The van der Waals surface area contributed by atoms with Crippen LogP contribution in [0, 0.1) is 0 Å². The van der Waals surface area contributed by atoms with E-state index in [4.69, 9.17) is 10.3 Å². The Morgan fingerprint density at radius 3 is 2.61 bits per heavy atom. The summed E-state index contributed by atoms with van der Waals surface area (Å²) in [6.07, 6.45) is 6.72. The normalized spacial score (nSPS) is 19.3. The molecule has 5 heteroatoms. The van der Waals surface area contributed by atoms with Crippen molar-refractivity contribution in [2.45, 2.75) is 43.9 Å². The number of nitrogens with zero attached hydrogens (tertiary/aromatic N) is 3. The maximum absolute atomic E-state index is 5.97. The molecule has 1 aromatic heterocycles. The summed E-state index contributed by atoms with van der Waals surface area (Å²) in [6.45, 7) is 1.55. The van der Waals surface area contributed by atoms with Crippen LogP contribution < -0.4 is 5.73 Å². The molecular formula is C13H24N4O. The monoisotopic (exact) mass is 252 g/mol. The molecule has 0 atom stereocenters. The summed E-state index contributed by atoms with van der Waals surface area (Å²) in [5.74, 6) is 1.57. The lowest BCUT2D eigenvalue weighted by Gasteiger charge is -2.32. The van der Waals surface area contributed by atoms with Gasteiger partial charge in [-0.15, -0.1) is 0 Å². The smallest absolute Gasteiger partial charge is 0.234 e. The van der Waals surface area contributed by atoms with Crippen molar-refractivity contribution in [2.75, 3.05) is 27.2 Å². The van der Waals surface area contributed by atoms with Crippen LogP contribution in [0.3, 0.4) is 0 Å². The van der Waals surface area contributed by atoms with Crippen molar-refractivity contribution in [2.24, 2.45) is 5.73 Å². The van der Waals surface area contributed by atoms with E-state index in [1.807, 2.05) is 14.1 Å². The van der Waals surface area contributed by atoms with Gasteiger partial charge in [0.25, 0.3) is 0 Å². The molecule has 102 valence electrons. The zero-order valence-corrected chi connectivity index (χ0v) is 11.5. The molecule has 1 heterocycles. The Balaban J connectivity index is 2.07. The third-order valence-electron chi connectivity index (χ3n) is 3.91. The molecule has 0 bridgehead atoms. The second kappa shape index (κ2) is 5.80. The fraction of sp³-hybridized carbons (Fsp3) is 0.846. The minimum absolute atomic E-state index is 0.0540. The molecule has 0 radical (unpaired) electrons. The molecule has 2 N–H and O–H groups in total. The van der Waals surface area contributed by atoms with Crippen LogP contribution in [-0.2, 0) is 11.8 Å². The Labute approximate surface area is 109 Å². The number of aromatic nitrogens is 2. The average molecular weight is 252 g/mol. The van der Waals surface area contributed by atoms with Crippen LogP contribution in [0.1, 0.15) is 43.8 Å². The lowest BCUT2D eigenvalue weighted by Crippen LogP contribution is -2.37. The van der Waals surface area contributed by atoms with E-state index in [9.17, 15) is 0 Å². The number of likely N-dealkylation sites (N-methyl/N-ethyl adjacent to an activating group) is 1. The van der Waals surface area contributed by atoms with E-state index >= 15 is 0 Å². The lowest BCUT2D eigenvalue weighted by molar-refractivity contribution is 0.219. The molecule has 0 aliphatic heterocycles. The van der Waals surface area contributed by atoms with E-state index in [-0.39, 0.29) is 5.41 Å². The number of rotatable bonds is 5. The zero-order valence-electron chi connectivity index (χ0n) is 11.5. The average Bonchev–Trinajstić information content (AvgIpc) is 2.86. The fourth-order valence-electron chi connectivity index (χ4n) is 2.63. The summed E-state index contributed by atoms with van der Waals surface area (Å²) >= 11 is 0. The summed E-state index contributed by atoms with van der Waals surface area (Å²) in [6, 6.07) is 0. The van der Waals surface area contributed by atoms with Crippen LogP contribution in [0.2, 0.25) is 0 Å². The van der Waals surface area contributed by atoms with Crippen molar-refractivity contribution in [3.63, 3.8) is 0 Å². The van der Waals surface area contributed by atoms with Crippen molar-refractivity contribution >= 4 is 0 Å². The van der Waals surface area contributed by atoms with Crippen LogP contribution in [0.15, 0.2) is 4.52 Å². The first-order valence-electron chi connectivity index (χ1n) is 6.84. The molecule has 1 aromatic rings. The van der Waals surface area contributed by atoms with Crippen molar-refractivity contribution in [1.82, 2.24) is 15.0 Å². The van der Waals surface area contributed by atoms with Gasteiger partial charge >= 0.3 is 0 Å². The quantitative estimate of drug-likeness (QED) is 0.856. The van der Waals surface area contributed by atoms with Gasteiger partial charge in [0.05, 0.1) is 5.41 Å². The predicted octanol–water partition coefficient (Wildman–Crippen LogP) is 1.33. The minimum Gasteiger partial charge on any atom is -0.339 e. The van der Waals surface area contributed by atoms with E-state index in [1.165, 1.54) is 19.3 Å². The highest BCUT2D eigenvalue weighted by Crippen LogP contribution is 2.37. The van der Waals surface area contributed by atoms with E-state index in [1.54, 1.807) is 0 Å². The molecule has 1 aliphatic carbocycles. The van der Waals surface area contributed by atoms with Gasteiger partial charge in [0.15, 0.2) is 5.82 Å². The van der Waals surface area contributed by atoms with Crippen molar-refractivity contribution in [3.05, 3.63) is 11.7 Å². The predicted molar refractivity (Wildman–Crippen MR) is 70.4 cm³/mol. The molecule has 5 nitrogen and oxygen atoms in total. The van der Waals surface area contributed by atoms with Crippen molar-refractivity contribution < 1.29 is 4.52 Å². The zero-order chi connectivity index (χ0) is 13.0. The first-order chi connectivity index (χ1) is 8.66. The molecule has 0 spiro atoms. The van der Waals surface area contributed by atoms with Crippen LogP contribution >= 0.6 is 0 Å². The van der Waals surface area contributed by atoms with Crippen molar-refractivity contribution in [3.8, 4) is 0 Å². The lowest BCUT2D eigenvalue weighted by atomic mass is 9.74. The first kappa shape index (κ1) is 13.5. The third kappa shape index (κ3) is 2.90. The number of hydrogen-bond donors (Lipinski definition) is 1. The van der Waals surface area contributed by atoms with E-state index in [2.05, 4.69) is 15.0 Å². The Kier molecular flexibility index (Phi) is 4.35. The van der Waals surface area contributed by atoms with Gasteiger partial charge in [-0.3, -0.25) is 0 Å². The van der Waals surface area contributed by atoms with Crippen LogP contribution in [0.4, 0.5) is 0 Å². The second-order valence-corrected chi connectivity index (χ2v) is 5.61. The summed E-state index contributed by atoms with van der Waals surface area (Å²) < 4.78 is 5.47.